The molecule has 0 aliphatic rings. The minimum atomic E-state index is 0.659. The van der Waals surface area contributed by atoms with E-state index >= 15 is 0 Å². The number of rotatable bonds is 3. The zero-order valence-corrected chi connectivity index (χ0v) is 9.88. The average Bonchev–Trinajstić information content (AvgIpc) is 2.30. The second kappa shape index (κ2) is 4.68. The summed E-state index contributed by atoms with van der Waals surface area (Å²) < 4.78 is 0. The first kappa shape index (κ1) is 11.2. The molecule has 1 heterocycles. The van der Waals surface area contributed by atoms with Crippen molar-refractivity contribution in [2.45, 2.75) is 19.8 Å². The molecule has 2 rings (SSSR count). The Balaban J connectivity index is 2.69. The van der Waals surface area contributed by atoms with Crippen LogP contribution in [0.2, 0.25) is 5.02 Å². The lowest BCUT2D eigenvalue weighted by Gasteiger charge is -2.09. The van der Waals surface area contributed by atoms with Gasteiger partial charge in [0, 0.05) is 11.1 Å². The van der Waals surface area contributed by atoms with Crippen LogP contribution in [-0.4, -0.2) is 4.98 Å². The molecule has 0 bridgehead atoms. The summed E-state index contributed by atoms with van der Waals surface area (Å²) in [6.07, 6.45) is 1.98. The van der Waals surface area contributed by atoms with Crippen LogP contribution in [0.25, 0.3) is 10.9 Å². The number of pyridine rings is 1. The van der Waals surface area contributed by atoms with Crippen molar-refractivity contribution in [3.63, 3.8) is 0 Å². The van der Waals surface area contributed by atoms with Crippen molar-refractivity contribution < 1.29 is 0 Å². The van der Waals surface area contributed by atoms with Gasteiger partial charge in [0.05, 0.1) is 16.2 Å². The van der Waals surface area contributed by atoms with Gasteiger partial charge in [-0.15, -0.1) is 0 Å². The van der Waals surface area contributed by atoms with Crippen molar-refractivity contribution in [2.24, 2.45) is 5.84 Å². The van der Waals surface area contributed by atoms with E-state index in [9.17, 15) is 0 Å². The fraction of sp³-hybridized carbons (Fsp3) is 0.250. The highest BCUT2D eigenvalue weighted by Gasteiger charge is 2.07. The number of halogens is 1. The van der Waals surface area contributed by atoms with Gasteiger partial charge in [0.15, 0.2) is 0 Å². The van der Waals surface area contributed by atoms with E-state index in [0.717, 1.165) is 35.1 Å². The quantitative estimate of drug-likeness (QED) is 0.635. The third-order valence-electron chi connectivity index (χ3n) is 2.50. The number of hydrogen-bond donors (Lipinski definition) is 2. The van der Waals surface area contributed by atoms with Gasteiger partial charge in [-0.2, -0.15) is 0 Å². The number of nitrogens with two attached hydrogens (primary N) is 1. The number of anilines is 1. The number of nitrogens with one attached hydrogen (secondary N) is 1. The Morgan fingerprint density at radius 2 is 2.25 bits per heavy atom. The van der Waals surface area contributed by atoms with E-state index in [2.05, 4.69) is 17.3 Å². The van der Waals surface area contributed by atoms with Crippen molar-refractivity contribution >= 4 is 28.2 Å². The fourth-order valence-corrected chi connectivity index (χ4v) is 1.99. The molecule has 2 aromatic rings. The van der Waals surface area contributed by atoms with Crippen LogP contribution in [0.15, 0.2) is 24.3 Å². The molecular weight excluding hydrogens is 222 g/mol. The van der Waals surface area contributed by atoms with Crippen LogP contribution in [0.4, 0.5) is 5.69 Å². The number of aryl methyl sites for hydroxylation is 1. The van der Waals surface area contributed by atoms with E-state index in [1.807, 2.05) is 24.3 Å². The maximum atomic E-state index is 6.13. The number of nitrogen functional groups attached to an aromatic ring is 1. The molecule has 3 N–H and O–H groups in total. The van der Waals surface area contributed by atoms with Gasteiger partial charge in [-0.25, -0.2) is 0 Å². The largest absolute Gasteiger partial charge is 0.323 e. The van der Waals surface area contributed by atoms with Gasteiger partial charge < -0.3 is 5.43 Å². The number of aromatic nitrogens is 1. The van der Waals surface area contributed by atoms with Gasteiger partial charge in [-0.1, -0.05) is 37.1 Å². The van der Waals surface area contributed by atoms with Gasteiger partial charge in [-0.05, 0) is 18.6 Å². The number of para-hydroxylation sites is 1. The lowest BCUT2D eigenvalue weighted by molar-refractivity contribution is 0.890. The number of hydrogen-bond acceptors (Lipinski definition) is 3. The van der Waals surface area contributed by atoms with Crippen LogP contribution in [0.3, 0.4) is 0 Å². The lowest BCUT2D eigenvalue weighted by Crippen LogP contribution is -2.08. The molecule has 0 fully saturated rings. The zero-order chi connectivity index (χ0) is 11.5. The summed E-state index contributed by atoms with van der Waals surface area (Å²) in [6.45, 7) is 2.12. The van der Waals surface area contributed by atoms with E-state index in [0.29, 0.717) is 5.02 Å². The molecule has 1 aromatic carbocycles. The first-order valence-corrected chi connectivity index (χ1v) is 5.68. The maximum absolute atomic E-state index is 6.13. The molecule has 0 aliphatic carbocycles. The molecule has 0 aliphatic heterocycles. The smallest absolute Gasteiger partial charge is 0.0912 e. The lowest BCUT2D eigenvalue weighted by atomic mass is 10.1. The molecule has 3 nitrogen and oxygen atoms in total. The highest BCUT2D eigenvalue weighted by molar-refractivity contribution is 6.35. The maximum Gasteiger partial charge on any atom is 0.0912 e. The van der Waals surface area contributed by atoms with Crippen LogP contribution in [0.5, 0.6) is 0 Å². The summed E-state index contributed by atoms with van der Waals surface area (Å²) in [4.78, 5) is 4.55. The van der Waals surface area contributed by atoms with Crippen LogP contribution < -0.4 is 11.3 Å². The van der Waals surface area contributed by atoms with Crippen molar-refractivity contribution in [1.29, 1.82) is 0 Å². The van der Waals surface area contributed by atoms with Crippen molar-refractivity contribution in [3.05, 3.63) is 35.0 Å². The Morgan fingerprint density at radius 1 is 1.44 bits per heavy atom. The summed E-state index contributed by atoms with van der Waals surface area (Å²) in [5.41, 5.74) is 5.39. The average molecular weight is 236 g/mol. The molecule has 0 atom stereocenters. The monoisotopic (exact) mass is 235 g/mol. The third kappa shape index (κ3) is 1.96. The molecule has 0 spiro atoms. The Hall–Kier alpha value is -1.32. The predicted molar refractivity (Wildman–Crippen MR) is 68.6 cm³/mol. The van der Waals surface area contributed by atoms with E-state index in [-0.39, 0.29) is 0 Å². The standard InChI is InChI=1S/C12H14ClN3/c1-2-4-8-7-11(16-14)9-5-3-6-10(13)12(9)15-8/h3,5-7H,2,4,14H2,1H3,(H,15,16). The summed E-state index contributed by atoms with van der Waals surface area (Å²) >= 11 is 6.13. The first-order valence-electron chi connectivity index (χ1n) is 5.31. The van der Waals surface area contributed by atoms with Crippen LogP contribution in [-0.2, 0) is 6.42 Å². The van der Waals surface area contributed by atoms with E-state index in [1.165, 1.54) is 0 Å². The number of hydrazine groups is 1. The number of benzene rings is 1. The molecule has 84 valence electrons. The second-order valence-electron chi connectivity index (χ2n) is 3.69. The predicted octanol–water partition coefficient (Wildman–Crippen LogP) is 3.13. The Labute approximate surface area is 99.6 Å². The minimum absolute atomic E-state index is 0.659. The molecule has 0 radical (unpaired) electrons. The highest BCUT2D eigenvalue weighted by atomic mass is 35.5. The Kier molecular flexibility index (Phi) is 3.27. The topological polar surface area (TPSA) is 50.9 Å². The van der Waals surface area contributed by atoms with Gasteiger partial charge in [-0.3, -0.25) is 10.8 Å². The fourth-order valence-electron chi connectivity index (χ4n) is 1.77. The van der Waals surface area contributed by atoms with Crippen LogP contribution in [0.1, 0.15) is 19.0 Å². The summed E-state index contributed by atoms with van der Waals surface area (Å²) in [7, 11) is 0. The van der Waals surface area contributed by atoms with Crippen molar-refractivity contribution in [1.82, 2.24) is 4.98 Å². The Morgan fingerprint density at radius 3 is 2.94 bits per heavy atom. The molecule has 0 unspecified atom stereocenters. The van der Waals surface area contributed by atoms with Gasteiger partial charge in [0.2, 0.25) is 0 Å². The van der Waals surface area contributed by atoms with Crippen LogP contribution in [0, 0.1) is 0 Å². The van der Waals surface area contributed by atoms with Gasteiger partial charge >= 0.3 is 0 Å². The third-order valence-corrected chi connectivity index (χ3v) is 2.81. The highest BCUT2D eigenvalue weighted by Crippen LogP contribution is 2.28. The molecular formula is C12H14ClN3. The summed E-state index contributed by atoms with van der Waals surface area (Å²) in [5.74, 6) is 5.51. The number of fused-ring (bicyclic) bond motifs is 1. The van der Waals surface area contributed by atoms with Crippen molar-refractivity contribution in [3.8, 4) is 0 Å². The zero-order valence-electron chi connectivity index (χ0n) is 9.13. The molecule has 4 heteroatoms. The van der Waals surface area contributed by atoms with E-state index in [1.54, 1.807) is 0 Å². The van der Waals surface area contributed by atoms with Gasteiger partial charge in [0.25, 0.3) is 0 Å². The Bertz CT molecular complexity index is 511. The summed E-state index contributed by atoms with van der Waals surface area (Å²) in [5, 5.41) is 1.61. The molecule has 0 saturated heterocycles. The van der Waals surface area contributed by atoms with Crippen molar-refractivity contribution in [2.75, 3.05) is 5.43 Å². The van der Waals surface area contributed by atoms with E-state index < -0.39 is 0 Å². The molecule has 16 heavy (non-hydrogen) atoms. The summed E-state index contributed by atoms with van der Waals surface area (Å²) in [6, 6.07) is 7.67. The van der Waals surface area contributed by atoms with Gasteiger partial charge in [0.1, 0.15) is 0 Å². The van der Waals surface area contributed by atoms with Crippen LogP contribution >= 0.6 is 11.6 Å². The van der Waals surface area contributed by atoms with E-state index in [4.69, 9.17) is 17.4 Å². The first-order chi connectivity index (χ1) is 7.76. The normalized spacial score (nSPS) is 10.7. The SMILES string of the molecule is CCCc1cc(NN)c2cccc(Cl)c2n1. The number of nitrogens with zero attached hydrogens (tertiary/aromatic N) is 1. The minimum Gasteiger partial charge on any atom is -0.323 e. The molecule has 0 saturated carbocycles. The molecule has 1 aromatic heterocycles. The molecule has 0 amide bonds. The second-order valence-corrected chi connectivity index (χ2v) is 4.10.